The summed E-state index contributed by atoms with van der Waals surface area (Å²) in [7, 11) is 0. The molecule has 1 aliphatic heterocycles. The molecule has 0 radical (unpaired) electrons. The number of rotatable bonds is 2. The number of ether oxygens (including phenoxy) is 3. The van der Waals surface area contributed by atoms with Crippen molar-refractivity contribution in [2.24, 2.45) is 0 Å². The van der Waals surface area contributed by atoms with Gasteiger partial charge in [0.25, 0.3) is 5.79 Å². The second kappa shape index (κ2) is 5.77. The molecule has 1 aromatic rings. The molecule has 0 atom stereocenters. The van der Waals surface area contributed by atoms with Crippen LogP contribution in [-0.2, 0) is 19.1 Å². The average Bonchev–Trinajstić information content (AvgIpc) is 2.38. The van der Waals surface area contributed by atoms with Crippen molar-refractivity contribution >= 4 is 18.0 Å². The van der Waals surface area contributed by atoms with E-state index in [1.165, 1.54) is 13.8 Å². The van der Waals surface area contributed by atoms with E-state index >= 15 is 0 Å². The van der Waals surface area contributed by atoms with Gasteiger partial charge in [-0.05, 0) is 18.2 Å². The van der Waals surface area contributed by atoms with E-state index in [1.54, 1.807) is 0 Å². The first-order valence-electron chi connectivity index (χ1n) is 6.32. The number of halogens is 5. The second-order valence-electron chi connectivity index (χ2n) is 5.06. The van der Waals surface area contributed by atoms with Gasteiger partial charge in [0.1, 0.15) is 11.4 Å². The minimum Gasteiger partial charge on any atom is -0.419 e. The summed E-state index contributed by atoms with van der Waals surface area (Å²) in [5.41, 5.74) is -1.96. The predicted molar refractivity (Wildman–Crippen MR) is 67.3 cm³/mol. The first kappa shape index (κ1) is 17.7. The molecule has 0 bridgehead atoms. The summed E-state index contributed by atoms with van der Waals surface area (Å²) in [4.78, 5) is 23.4. The molecule has 0 unspecified atom stereocenters. The third-order valence-electron chi connectivity index (χ3n) is 2.72. The molecule has 10 heteroatoms. The maximum Gasteiger partial charge on any atom is 0.573 e. The van der Waals surface area contributed by atoms with Crippen LogP contribution < -0.4 is 4.74 Å². The Morgan fingerprint density at radius 1 is 1.08 bits per heavy atom. The lowest BCUT2D eigenvalue weighted by atomic mass is 10.1. The van der Waals surface area contributed by atoms with Crippen molar-refractivity contribution in [2.75, 3.05) is 0 Å². The van der Waals surface area contributed by atoms with Crippen LogP contribution in [0.1, 0.15) is 19.4 Å². The molecule has 1 aromatic carbocycles. The Morgan fingerprint density at radius 3 is 2.12 bits per heavy atom. The first-order chi connectivity index (χ1) is 10.9. The zero-order valence-corrected chi connectivity index (χ0v) is 12.2. The summed E-state index contributed by atoms with van der Waals surface area (Å²) in [6, 6.07) is 0.904. The number of hydrogen-bond donors (Lipinski definition) is 0. The number of benzene rings is 1. The van der Waals surface area contributed by atoms with Crippen LogP contribution in [0.5, 0.6) is 5.75 Å². The van der Waals surface area contributed by atoms with E-state index < -0.39 is 52.6 Å². The van der Waals surface area contributed by atoms with Gasteiger partial charge in [0.15, 0.2) is 11.6 Å². The van der Waals surface area contributed by atoms with Gasteiger partial charge in [-0.3, -0.25) is 0 Å². The molecule has 0 spiro atoms. The van der Waals surface area contributed by atoms with Crippen molar-refractivity contribution in [3.05, 3.63) is 34.9 Å². The Balaban J connectivity index is 2.47. The van der Waals surface area contributed by atoms with Gasteiger partial charge in [0.05, 0.1) is 5.56 Å². The summed E-state index contributed by atoms with van der Waals surface area (Å²) in [5.74, 6) is -8.45. The minimum absolute atomic E-state index is 0.397. The molecule has 130 valence electrons. The third-order valence-corrected chi connectivity index (χ3v) is 2.72. The normalized spacial score (nSPS) is 17.2. The molecule has 0 aliphatic carbocycles. The monoisotopic (exact) mass is 352 g/mol. The van der Waals surface area contributed by atoms with Gasteiger partial charge < -0.3 is 14.2 Å². The molecule has 1 saturated heterocycles. The summed E-state index contributed by atoms with van der Waals surface area (Å²) in [6.07, 6.45) is -4.82. The highest BCUT2D eigenvalue weighted by Gasteiger charge is 2.39. The van der Waals surface area contributed by atoms with Gasteiger partial charge in [-0.25, -0.2) is 18.4 Å². The van der Waals surface area contributed by atoms with Crippen LogP contribution >= 0.6 is 0 Å². The van der Waals surface area contributed by atoms with Crippen molar-refractivity contribution in [3.8, 4) is 5.75 Å². The molecular formula is C14H9F5O5. The topological polar surface area (TPSA) is 61.8 Å². The number of hydrogen-bond acceptors (Lipinski definition) is 5. The van der Waals surface area contributed by atoms with Crippen LogP contribution in [-0.4, -0.2) is 24.1 Å². The molecule has 2 rings (SSSR count). The van der Waals surface area contributed by atoms with Crippen molar-refractivity contribution < 1.29 is 45.8 Å². The van der Waals surface area contributed by atoms with Gasteiger partial charge >= 0.3 is 18.3 Å². The molecule has 5 nitrogen and oxygen atoms in total. The summed E-state index contributed by atoms with van der Waals surface area (Å²) in [5, 5.41) is 0. The van der Waals surface area contributed by atoms with E-state index in [2.05, 4.69) is 4.74 Å². The highest BCUT2D eigenvalue weighted by atomic mass is 19.4. The van der Waals surface area contributed by atoms with Crippen LogP contribution in [0.3, 0.4) is 0 Å². The highest BCUT2D eigenvalue weighted by molar-refractivity contribution is 6.18. The molecule has 1 aliphatic rings. The molecule has 0 saturated carbocycles. The Morgan fingerprint density at radius 2 is 1.62 bits per heavy atom. The maximum atomic E-state index is 14.0. The lowest BCUT2D eigenvalue weighted by molar-refractivity contribution is -0.275. The quantitative estimate of drug-likeness (QED) is 0.354. The fourth-order valence-corrected chi connectivity index (χ4v) is 1.81. The Bertz CT molecular complexity index is 714. The molecule has 24 heavy (non-hydrogen) atoms. The van der Waals surface area contributed by atoms with Crippen LogP contribution in [0.15, 0.2) is 17.7 Å². The lowest BCUT2D eigenvalue weighted by Crippen LogP contribution is -2.41. The molecule has 0 amide bonds. The van der Waals surface area contributed by atoms with E-state index in [-0.39, 0.29) is 0 Å². The van der Waals surface area contributed by atoms with E-state index in [9.17, 15) is 31.5 Å². The lowest BCUT2D eigenvalue weighted by Gasteiger charge is -2.29. The second-order valence-corrected chi connectivity index (χ2v) is 5.06. The van der Waals surface area contributed by atoms with Gasteiger partial charge in [-0.15, -0.1) is 13.2 Å². The van der Waals surface area contributed by atoms with Crippen LogP contribution in [0.2, 0.25) is 0 Å². The van der Waals surface area contributed by atoms with Crippen molar-refractivity contribution in [1.29, 1.82) is 0 Å². The number of carbonyl (C=O) groups excluding carboxylic acids is 2. The predicted octanol–water partition coefficient (Wildman–Crippen LogP) is 3.08. The van der Waals surface area contributed by atoms with Crippen molar-refractivity contribution in [2.45, 2.75) is 26.0 Å². The molecule has 1 heterocycles. The molecule has 0 N–H and O–H groups in total. The summed E-state index contributed by atoms with van der Waals surface area (Å²) in [6.45, 7) is 2.50. The smallest absolute Gasteiger partial charge is 0.419 e. The van der Waals surface area contributed by atoms with Crippen molar-refractivity contribution in [3.63, 3.8) is 0 Å². The number of cyclic esters (lactones) is 2. The highest BCUT2D eigenvalue weighted by Crippen LogP contribution is 2.31. The third kappa shape index (κ3) is 3.81. The first-order valence-corrected chi connectivity index (χ1v) is 6.32. The van der Waals surface area contributed by atoms with Crippen molar-refractivity contribution in [1.82, 2.24) is 0 Å². The Hall–Kier alpha value is -2.65. The fraction of sp³-hybridized carbons (Fsp3) is 0.286. The van der Waals surface area contributed by atoms with E-state index in [1.807, 2.05) is 0 Å². The van der Waals surface area contributed by atoms with Gasteiger partial charge in [0, 0.05) is 13.8 Å². The van der Waals surface area contributed by atoms with E-state index in [0.717, 1.165) is 0 Å². The van der Waals surface area contributed by atoms with Gasteiger partial charge in [0.2, 0.25) is 0 Å². The Labute approximate surface area is 131 Å². The van der Waals surface area contributed by atoms with Crippen LogP contribution in [0.4, 0.5) is 22.0 Å². The number of carbonyl (C=O) groups is 2. The van der Waals surface area contributed by atoms with E-state index in [0.29, 0.717) is 18.2 Å². The molecule has 0 aromatic heterocycles. The zero-order valence-electron chi connectivity index (χ0n) is 12.2. The largest absolute Gasteiger partial charge is 0.573 e. The molecule has 1 fully saturated rings. The van der Waals surface area contributed by atoms with Crippen LogP contribution in [0.25, 0.3) is 6.08 Å². The van der Waals surface area contributed by atoms with Crippen LogP contribution in [0, 0.1) is 11.6 Å². The van der Waals surface area contributed by atoms with Gasteiger partial charge in [-0.1, -0.05) is 0 Å². The molecular weight excluding hydrogens is 343 g/mol. The van der Waals surface area contributed by atoms with E-state index in [4.69, 9.17) is 9.47 Å². The SMILES string of the molecule is CC1(C)OC(=O)C(=Cc2c(F)ccc(OC(F)(F)F)c2F)C(=O)O1. The minimum atomic E-state index is -5.21. The van der Waals surface area contributed by atoms with Gasteiger partial charge in [-0.2, -0.15) is 0 Å². The zero-order chi connectivity index (χ0) is 18.3. The summed E-state index contributed by atoms with van der Waals surface area (Å²) < 4.78 is 77.1. The Kier molecular flexibility index (Phi) is 4.25. The number of esters is 2. The summed E-state index contributed by atoms with van der Waals surface area (Å²) >= 11 is 0. The fourth-order valence-electron chi connectivity index (χ4n) is 1.81. The maximum absolute atomic E-state index is 14.0. The number of alkyl halides is 3. The average molecular weight is 352 g/mol. The standard InChI is InChI=1S/C14H9F5O5/c1-13(2)23-11(20)7(12(21)24-13)5-6-8(15)3-4-9(10(6)16)22-14(17,18)19/h3-5H,1-2H3.